The molecule has 1 aliphatic heterocycles. The smallest absolute Gasteiger partial charge is 0.228 e. The van der Waals surface area contributed by atoms with E-state index in [1.165, 1.54) is 24.2 Å². The Labute approximate surface area is 96.9 Å². The summed E-state index contributed by atoms with van der Waals surface area (Å²) in [6.07, 6.45) is 3.24. The van der Waals surface area contributed by atoms with Crippen molar-refractivity contribution >= 4 is 11.3 Å². The molecule has 2 aromatic rings. The quantitative estimate of drug-likeness (QED) is 0.874. The summed E-state index contributed by atoms with van der Waals surface area (Å²) in [5, 5.41) is 9.26. The summed E-state index contributed by atoms with van der Waals surface area (Å²) in [4.78, 5) is 8.49. The Balaban J connectivity index is 1.72. The molecule has 0 saturated carbocycles. The lowest BCUT2D eigenvalue weighted by Gasteiger charge is -2.04. The summed E-state index contributed by atoms with van der Waals surface area (Å²) in [6, 6.07) is 0.490. The fourth-order valence-electron chi connectivity index (χ4n) is 1.91. The van der Waals surface area contributed by atoms with Crippen LogP contribution in [-0.4, -0.2) is 27.7 Å². The third-order valence-corrected chi connectivity index (χ3v) is 3.30. The van der Waals surface area contributed by atoms with Gasteiger partial charge in [-0.1, -0.05) is 5.16 Å². The minimum Gasteiger partial charge on any atom is -0.339 e. The van der Waals surface area contributed by atoms with E-state index < -0.39 is 0 Å². The molecule has 0 aliphatic carbocycles. The first kappa shape index (κ1) is 9.92. The van der Waals surface area contributed by atoms with E-state index in [0.717, 1.165) is 18.7 Å². The van der Waals surface area contributed by atoms with Gasteiger partial charge >= 0.3 is 0 Å². The van der Waals surface area contributed by atoms with Gasteiger partial charge in [0.25, 0.3) is 0 Å². The molecule has 1 atom stereocenters. The van der Waals surface area contributed by atoms with Crippen LogP contribution in [-0.2, 0) is 6.42 Å². The van der Waals surface area contributed by atoms with Crippen LogP contribution >= 0.6 is 11.3 Å². The molecule has 84 valence electrons. The van der Waals surface area contributed by atoms with Crippen LogP contribution < -0.4 is 5.32 Å². The predicted octanol–water partition coefficient (Wildman–Crippen LogP) is 1.49. The molecule has 1 N–H and O–H groups in total. The second-order valence-electron chi connectivity index (χ2n) is 3.88. The van der Waals surface area contributed by atoms with Gasteiger partial charge in [-0.15, -0.1) is 11.3 Å². The van der Waals surface area contributed by atoms with Crippen molar-refractivity contribution in [1.82, 2.24) is 20.4 Å². The summed E-state index contributed by atoms with van der Waals surface area (Å²) in [5.74, 6) is 1.29. The molecule has 0 bridgehead atoms. The van der Waals surface area contributed by atoms with Crippen molar-refractivity contribution in [3.05, 3.63) is 16.8 Å². The van der Waals surface area contributed by atoms with Gasteiger partial charge in [-0.3, -0.25) is 0 Å². The molecule has 3 rings (SSSR count). The van der Waals surface area contributed by atoms with Crippen LogP contribution in [0.4, 0.5) is 0 Å². The average molecular weight is 236 g/mol. The number of aromatic nitrogens is 3. The number of hydrogen-bond acceptors (Lipinski definition) is 6. The zero-order chi connectivity index (χ0) is 10.8. The Morgan fingerprint density at radius 1 is 1.56 bits per heavy atom. The highest BCUT2D eigenvalue weighted by Crippen LogP contribution is 2.17. The molecular weight excluding hydrogens is 224 g/mol. The predicted molar refractivity (Wildman–Crippen MR) is 60.1 cm³/mol. The third-order valence-electron chi connectivity index (χ3n) is 2.71. The van der Waals surface area contributed by atoms with Gasteiger partial charge in [0.05, 0.1) is 5.51 Å². The molecule has 1 fully saturated rings. The normalized spacial score (nSPS) is 20.4. The van der Waals surface area contributed by atoms with Crippen LogP contribution in [0.15, 0.2) is 15.4 Å². The van der Waals surface area contributed by atoms with Gasteiger partial charge < -0.3 is 9.84 Å². The standard InChI is InChI=1S/C10H12N4OS/c1-2-7(11-3-1)4-9-13-10(14-15-9)8-5-16-6-12-8/h5-7,11H,1-4H2. The van der Waals surface area contributed by atoms with E-state index in [4.69, 9.17) is 4.52 Å². The maximum absolute atomic E-state index is 5.21. The van der Waals surface area contributed by atoms with E-state index in [0.29, 0.717) is 17.8 Å². The van der Waals surface area contributed by atoms with Crippen LogP contribution in [0.2, 0.25) is 0 Å². The topological polar surface area (TPSA) is 63.8 Å². The second-order valence-corrected chi connectivity index (χ2v) is 4.60. The van der Waals surface area contributed by atoms with Gasteiger partial charge in [-0.2, -0.15) is 4.98 Å². The van der Waals surface area contributed by atoms with E-state index in [9.17, 15) is 0 Å². The monoisotopic (exact) mass is 236 g/mol. The molecule has 1 saturated heterocycles. The second kappa shape index (κ2) is 4.31. The maximum Gasteiger partial charge on any atom is 0.228 e. The molecule has 2 aromatic heterocycles. The summed E-state index contributed by atoms with van der Waals surface area (Å²) >= 11 is 1.53. The largest absolute Gasteiger partial charge is 0.339 e. The first-order chi connectivity index (χ1) is 7.92. The molecular formula is C10H12N4OS. The Kier molecular flexibility index (Phi) is 2.67. The molecule has 0 amide bonds. The number of thiazole rings is 1. The lowest BCUT2D eigenvalue weighted by atomic mass is 10.1. The first-order valence-electron chi connectivity index (χ1n) is 5.36. The Morgan fingerprint density at radius 3 is 3.31 bits per heavy atom. The average Bonchev–Trinajstić information content (AvgIpc) is 2.99. The third kappa shape index (κ3) is 1.98. The molecule has 5 nitrogen and oxygen atoms in total. The summed E-state index contributed by atoms with van der Waals surface area (Å²) in [7, 11) is 0. The van der Waals surface area contributed by atoms with Crippen molar-refractivity contribution in [3.8, 4) is 11.5 Å². The fourth-order valence-corrected chi connectivity index (χ4v) is 2.44. The maximum atomic E-state index is 5.21. The van der Waals surface area contributed by atoms with E-state index in [-0.39, 0.29) is 0 Å². The van der Waals surface area contributed by atoms with Crippen molar-refractivity contribution in [2.45, 2.75) is 25.3 Å². The van der Waals surface area contributed by atoms with Gasteiger partial charge in [0.15, 0.2) is 0 Å². The molecule has 1 aliphatic rings. The summed E-state index contributed by atoms with van der Waals surface area (Å²) in [5.41, 5.74) is 2.56. The molecule has 16 heavy (non-hydrogen) atoms. The lowest BCUT2D eigenvalue weighted by molar-refractivity contribution is 0.364. The Morgan fingerprint density at radius 2 is 2.56 bits per heavy atom. The number of rotatable bonds is 3. The van der Waals surface area contributed by atoms with Gasteiger partial charge in [0.2, 0.25) is 11.7 Å². The van der Waals surface area contributed by atoms with Gasteiger partial charge in [-0.25, -0.2) is 4.98 Å². The first-order valence-corrected chi connectivity index (χ1v) is 6.30. The van der Waals surface area contributed by atoms with E-state index in [1.54, 1.807) is 5.51 Å². The minimum absolute atomic E-state index is 0.490. The molecule has 1 unspecified atom stereocenters. The molecule has 6 heteroatoms. The minimum atomic E-state index is 0.490. The fraction of sp³-hybridized carbons (Fsp3) is 0.500. The van der Waals surface area contributed by atoms with Crippen LogP contribution in [0.3, 0.4) is 0 Å². The van der Waals surface area contributed by atoms with Gasteiger partial charge in [-0.05, 0) is 19.4 Å². The van der Waals surface area contributed by atoms with Crippen LogP contribution in [0.25, 0.3) is 11.5 Å². The number of nitrogens with zero attached hydrogens (tertiary/aromatic N) is 3. The molecule has 0 radical (unpaired) electrons. The summed E-state index contributed by atoms with van der Waals surface area (Å²) < 4.78 is 5.21. The van der Waals surface area contributed by atoms with Crippen molar-refractivity contribution < 1.29 is 4.52 Å². The highest BCUT2D eigenvalue weighted by molar-refractivity contribution is 7.07. The number of hydrogen-bond donors (Lipinski definition) is 1. The zero-order valence-electron chi connectivity index (χ0n) is 8.72. The SMILES string of the molecule is c1nc(-c2noc(CC3CCCN3)n2)cs1. The molecule has 0 aromatic carbocycles. The van der Waals surface area contributed by atoms with Crippen molar-refractivity contribution in [2.75, 3.05) is 6.54 Å². The summed E-state index contributed by atoms with van der Waals surface area (Å²) in [6.45, 7) is 1.09. The highest BCUT2D eigenvalue weighted by Gasteiger charge is 2.18. The van der Waals surface area contributed by atoms with Crippen molar-refractivity contribution in [1.29, 1.82) is 0 Å². The van der Waals surface area contributed by atoms with E-state index >= 15 is 0 Å². The Bertz CT molecular complexity index is 447. The van der Waals surface area contributed by atoms with Crippen LogP contribution in [0, 0.1) is 0 Å². The molecule has 3 heterocycles. The number of nitrogens with one attached hydrogen (secondary N) is 1. The van der Waals surface area contributed by atoms with E-state index in [2.05, 4.69) is 20.4 Å². The zero-order valence-corrected chi connectivity index (χ0v) is 9.54. The van der Waals surface area contributed by atoms with Gasteiger partial charge in [0, 0.05) is 17.8 Å². The van der Waals surface area contributed by atoms with Crippen LogP contribution in [0.1, 0.15) is 18.7 Å². The van der Waals surface area contributed by atoms with Gasteiger partial charge in [0.1, 0.15) is 5.69 Å². The van der Waals surface area contributed by atoms with Crippen LogP contribution in [0.5, 0.6) is 0 Å². The van der Waals surface area contributed by atoms with Crippen molar-refractivity contribution in [2.24, 2.45) is 0 Å². The van der Waals surface area contributed by atoms with Crippen molar-refractivity contribution in [3.63, 3.8) is 0 Å². The highest BCUT2D eigenvalue weighted by atomic mass is 32.1. The molecule has 0 spiro atoms. The van der Waals surface area contributed by atoms with E-state index in [1.807, 2.05) is 5.38 Å². The Hall–Kier alpha value is -1.27. The lowest BCUT2D eigenvalue weighted by Crippen LogP contribution is -2.23.